The summed E-state index contributed by atoms with van der Waals surface area (Å²) in [4.78, 5) is 31.2. The molecular formula is C25H31N3O4S. The fourth-order valence-corrected chi connectivity index (χ4v) is 5.56. The van der Waals surface area contributed by atoms with Crippen molar-refractivity contribution in [1.29, 1.82) is 0 Å². The molecule has 0 amide bonds. The molecule has 8 heteroatoms. The maximum Gasteiger partial charge on any atom is 0.262 e. The van der Waals surface area contributed by atoms with Crippen molar-refractivity contribution in [3.05, 3.63) is 57.6 Å². The van der Waals surface area contributed by atoms with E-state index in [1.165, 1.54) is 11.8 Å². The summed E-state index contributed by atoms with van der Waals surface area (Å²) in [6.07, 6.45) is 1.92. The minimum absolute atomic E-state index is 0.00177. The van der Waals surface area contributed by atoms with E-state index >= 15 is 0 Å². The van der Waals surface area contributed by atoms with Crippen molar-refractivity contribution in [2.24, 2.45) is 0 Å². The first-order valence-electron chi connectivity index (χ1n) is 11.3. The van der Waals surface area contributed by atoms with Crippen LogP contribution in [-0.2, 0) is 16.0 Å². The van der Waals surface area contributed by atoms with Gasteiger partial charge in [-0.15, -0.1) is 0 Å². The van der Waals surface area contributed by atoms with Gasteiger partial charge in [0.1, 0.15) is 0 Å². The molecule has 4 rings (SSSR count). The molecule has 176 valence electrons. The van der Waals surface area contributed by atoms with Crippen LogP contribution in [0.25, 0.3) is 10.9 Å². The van der Waals surface area contributed by atoms with Gasteiger partial charge < -0.3 is 14.0 Å². The maximum absolute atomic E-state index is 13.2. The number of carbonyl (C=O) groups is 1. The van der Waals surface area contributed by atoms with Crippen LogP contribution in [0.15, 0.2) is 40.3 Å². The van der Waals surface area contributed by atoms with Crippen molar-refractivity contribution in [1.82, 2.24) is 14.1 Å². The molecule has 2 atom stereocenters. The number of aromatic nitrogens is 3. The Morgan fingerprint density at radius 2 is 2.12 bits per heavy atom. The van der Waals surface area contributed by atoms with Crippen LogP contribution in [-0.4, -0.2) is 52.1 Å². The summed E-state index contributed by atoms with van der Waals surface area (Å²) in [5.74, 6) is 0.231. The Morgan fingerprint density at radius 1 is 1.33 bits per heavy atom. The van der Waals surface area contributed by atoms with Gasteiger partial charge in [-0.25, -0.2) is 4.98 Å². The van der Waals surface area contributed by atoms with E-state index in [-0.39, 0.29) is 29.2 Å². The molecule has 0 N–H and O–H groups in total. The lowest BCUT2D eigenvalue weighted by atomic mass is 10.2. The summed E-state index contributed by atoms with van der Waals surface area (Å²) in [6, 6.07) is 9.43. The van der Waals surface area contributed by atoms with Crippen molar-refractivity contribution in [3.8, 4) is 0 Å². The minimum atomic E-state index is -0.0855. The van der Waals surface area contributed by atoms with Gasteiger partial charge in [0.2, 0.25) is 0 Å². The number of thioether (sulfide) groups is 1. The number of fused-ring (bicyclic) bond motifs is 1. The molecule has 3 aromatic rings. The minimum Gasteiger partial charge on any atom is -0.383 e. The number of benzene rings is 1. The van der Waals surface area contributed by atoms with E-state index in [4.69, 9.17) is 14.5 Å². The zero-order chi connectivity index (χ0) is 23.5. The molecule has 0 aliphatic carbocycles. The van der Waals surface area contributed by atoms with E-state index in [1.54, 1.807) is 17.7 Å². The van der Waals surface area contributed by atoms with Crippen LogP contribution in [0.1, 0.15) is 47.6 Å². The number of rotatable bonds is 9. The molecule has 1 fully saturated rings. The van der Waals surface area contributed by atoms with Crippen LogP contribution in [0.3, 0.4) is 0 Å². The molecule has 1 aliphatic rings. The third-order valence-corrected chi connectivity index (χ3v) is 7.18. The van der Waals surface area contributed by atoms with E-state index < -0.39 is 0 Å². The first kappa shape index (κ1) is 23.7. The molecular weight excluding hydrogens is 438 g/mol. The highest BCUT2D eigenvalue weighted by molar-refractivity contribution is 7.99. The summed E-state index contributed by atoms with van der Waals surface area (Å²) in [5.41, 5.74) is 3.23. The predicted molar refractivity (Wildman–Crippen MR) is 131 cm³/mol. The second kappa shape index (κ2) is 10.2. The lowest BCUT2D eigenvalue weighted by Crippen LogP contribution is -2.29. The zero-order valence-corrected chi connectivity index (χ0v) is 20.5. The average Bonchev–Trinajstić information content (AvgIpc) is 3.41. The number of hydrogen-bond donors (Lipinski definition) is 0. The lowest BCUT2D eigenvalue weighted by molar-refractivity contribution is 0.0937. The largest absolute Gasteiger partial charge is 0.383 e. The number of ether oxygens (including phenoxy) is 2. The molecule has 0 spiro atoms. The molecule has 1 saturated heterocycles. The van der Waals surface area contributed by atoms with Crippen LogP contribution in [0, 0.1) is 13.8 Å². The van der Waals surface area contributed by atoms with Gasteiger partial charge in [0.25, 0.3) is 5.56 Å². The van der Waals surface area contributed by atoms with E-state index in [2.05, 4.69) is 11.5 Å². The summed E-state index contributed by atoms with van der Waals surface area (Å²) >= 11 is 1.32. The normalized spacial score (nSPS) is 17.0. The first-order chi connectivity index (χ1) is 15.9. The van der Waals surface area contributed by atoms with Crippen molar-refractivity contribution < 1.29 is 14.3 Å². The first-order valence-corrected chi connectivity index (χ1v) is 12.3. The van der Waals surface area contributed by atoms with Gasteiger partial charge in [0.05, 0.1) is 42.0 Å². The number of Topliss-reactive ketones (excluding diaryl/α,β-unsaturated/α-hetero) is 1. The summed E-state index contributed by atoms with van der Waals surface area (Å²) in [6.45, 7) is 7.81. The number of nitrogens with zero attached hydrogens (tertiary/aromatic N) is 3. The molecule has 0 bridgehead atoms. The Bertz CT molecular complexity index is 1210. The zero-order valence-electron chi connectivity index (χ0n) is 19.7. The smallest absolute Gasteiger partial charge is 0.262 e. The molecule has 0 saturated carbocycles. The highest BCUT2D eigenvalue weighted by Crippen LogP contribution is 2.25. The third kappa shape index (κ3) is 4.93. The quantitative estimate of drug-likeness (QED) is 0.266. The number of para-hydroxylation sites is 1. The van der Waals surface area contributed by atoms with Crippen LogP contribution >= 0.6 is 11.8 Å². The Morgan fingerprint density at radius 3 is 2.85 bits per heavy atom. The lowest BCUT2D eigenvalue weighted by Gasteiger charge is -2.18. The van der Waals surface area contributed by atoms with E-state index in [0.717, 1.165) is 30.8 Å². The van der Waals surface area contributed by atoms with E-state index in [0.29, 0.717) is 34.8 Å². The monoisotopic (exact) mass is 469 g/mol. The number of aryl methyl sites for hydroxylation is 1. The number of carbonyl (C=O) groups excluding carboxylic acids is 1. The van der Waals surface area contributed by atoms with Crippen LogP contribution in [0.4, 0.5) is 0 Å². The number of hydrogen-bond acceptors (Lipinski definition) is 6. The molecule has 2 aromatic heterocycles. The molecule has 1 aromatic carbocycles. The second-order valence-corrected chi connectivity index (χ2v) is 9.58. The summed E-state index contributed by atoms with van der Waals surface area (Å²) in [7, 11) is 1.68. The molecule has 0 radical (unpaired) electrons. The van der Waals surface area contributed by atoms with Crippen LogP contribution in [0.2, 0.25) is 0 Å². The molecule has 1 aliphatic heterocycles. The summed E-state index contributed by atoms with van der Waals surface area (Å²) < 4.78 is 14.9. The van der Waals surface area contributed by atoms with Gasteiger partial charge in [-0.1, -0.05) is 23.9 Å². The van der Waals surface area contributed by atoms with Gasteiger partial charge in [0.15, 0.2) is 10.9 Å². The van der Waals surface area contributed by atoms with Crippen molar-refractivity contribution in [2.45, 2.75) is 57.5 Å². The maximum atomic E-state index is 13.2. The van der Waals surface area contributed by atoms with Gasteiger partial charge in [0, 0.05) is 30.7 Å². The topological polar surface area (TPSA) is 75.4 Å². The van der Waals surface area contributed by atoms with Crippen molar-refractivity contribution in [2.75, 3.05) is 26.1 Å². The van der Waals surface area contributed by atoms with E-state index in [1.807, 2.05) is 38.1 Å². The van der Waals surface area contributed by atoms with Gasteiger partial charge >= 0.3 is 0 Å². The predicted octanol–water partition coefficient (Wildman–Crippen LogP) is 4.18. The second-order valence-electron chi connectivity index (χ2n) is 8.63. The third-order valence-electron chi connectivity index (χ3n) is 6.20. The highest BCUT2D eigenvalue weighted by atomic mass is 32.2. The number of ketones is 1. The molecule has 7 nitrogen and oxygen atoms in total. The Kier molecular flexibility index (Phi) is 7.36. The molecule has 33 heavy (non-hydrogen) atoms. The Labute approximate surface area is 198 Å². The molecule has 3 heterocycles. The summed E-state index contributed by atoms with van der Waals surface area (Å²) in [5, 5.41) is 1.14. The van der Waals surface area contributed by atoms with Crippen LogP contribution in [0.5, 0.6) is 0 Å². The van der Waals surface area contributed by atoms with Gasteiger partial charge in [-0.3, -0.25) is 14.2 Å². The standard InChI is InChI=1S/C25H31N3O4S/c1-16-12-21(18(3)28(16)17(2)14-31-4)23(29)15-33-25-26-22-10-6-5-9-20(22)24(30)27(25)13-19-8-7-11-32-19/h5-6,9-10,12,17,19H,7-8,11,13-15H2,1-4H3/t17-,19-/m0/s1. The SMILES string of the molecule is COC[C@H](C)n1c(C)cc(C(=O)CSc2nc3ccccc3c(=O)n2C[C@@H]2CCCO2)c1C. The van der Waals surface area contributed by atoms with Gasteiger partial charge in [-0.05, 0) is 51.8 Å². The van der Waals surface area contributed by atoms with Crippen LogP contribution < -0.4 is 5.56 Å². The average molecular weight is 470 g/mol. The highest BCUT2D eigenvalue weighted by Gasteiger charge is 2.22. The number of methoxy groups -OCH3 is 1. The fraction of sp³-hybridized carbons (Fsp3) is 0.480. The van der Waals surface area contributed by atoms with E-state index in [9.17, 15) is 9.59 Å². The Hall–Kier alpha value is -2.42. The van der Waals surface area contributed by atoms with Gasteiger partial charge in [-0.2, -0.15) is 0 Å². The fourth-order valence-electron chi connectivity index (χ4n) is 4.67. The van der Waals surface area contributed by atoms with Crippen molar-refractivity contribution in [3.63, 3.8) is 0 Å². The Balaban J connectivity index is 1.61. The van der Waals surface area contributed by atoms with Crippen molar-refractivity contribution >= 4 is 28.4 Å². The molecule has 0 unspecified atom stereocenters.